The van der Waals surface area contributed by atoms with Crippen LogP contribution in [0.5, 0.6) is 0 Å². The number of nitrogens with zero attached hydrogens (tertiary/aromatic N) is 1. The summed E-state index contributed by atoms with van der Waals surface area (Å²) in [6.07, 6.45) is 2.75. The van der Waals surface area contributed by atoms with Crippen LogP contribution in [0.2, 0.25) is 0 Å². The number of hydrogen-bond donors (Lipinski definition) is 0. The number of hydrogen-bond acceptors (Lipinski definition) is 3. The molecule has 120 valence electrons. The molecule has 3 nitrogen and oxygen atoms in total. The molecule has 1 atom stereocenters. The van der Waals surface area contributed by atoms with Crippen molar-refractivity contribution in [3.63, 3.8) is 0 Å². The van der Waals surface area contributed by atoms with Crippen molar-refractivity contribution in [3.05, 3.63) is 29.1 Å². The SMILES string of the molecule is CSCCC(C)N(C)S(=O)(=O)c1cc(C)c(F)c(CCl)c1. The largest absolute Gasteiger partial charge is 0.243 e. The van der Waals surface area contributed by atoms with Crippen molar-refractivity contribution in [1.29, 1.82) is 0 Å². The first-order valence-corrected chi connectivity index (χ1v) is 9.94. The first-order chi connectivity index (χ1) is 9.75. The van der Waals surface area contributed by atoms with Crippen molar-refractivity contribution < 1.29 is 12.8 Å². The molecular weight excluding hydrogens is 333 g/mol. The Morgan fingerprint density at radius 1 is 1.43 bits per heavy atom. The van der Waals surface area contributed by atoms with E-state index >= 15 is 0 Å². The maximum Gasteiger partial charge on any atom is 0.243 e. The van der Waals surface area contributed by atoms with Crippen LogP contribution in [0.1, 0.15) is 24.5 Å². The fourth-order valence-corrected chi connectivity index (χ4v) is 4.23. The summed E-state index contributed by atoms with van der Waals surface area (Å²) in [6.45, 7) is 3.41. The molecule has 0 amide bonds. The molecule has 0 bridgehead atoms. The van der Waals surface area contributed by atoms with Crippen molar-refractivity contribution in [1.82, 2.24) is 4.31 Å². The number of rotatable bonds is 7. The van der Waals surface area contributed by atoms with Crippen LogP contribution < -0.4 is 0 Å². The quantitative estimate of drug-likeness (QED) is 0.702. The Hall–Kier alpha value is -0.300. The van der Waals surface area contributed by atoms with Crippen LogP contribution in [0.3, 0.4) is 0 Å². The smallest absolute Gasteiger partial charge is 0.207 e. The maximum absolute atomic E-state index is 13.8. The Balaban J connectivity index is 3.16. The molecule has 0 radical (unpaired) electrons. The highest BCUT2D eigenvalue weighted by molar-refractivity contribution is 7.98. The second kappa shape index (κ2) is 7.81. The van der Waals surface area contributed by atoms with Gasteiger partial charge in [0.2, 0.25) is 10.0 Å². The van der Waals surface area contributed by atoms with Gasteiger partial charge in [0.25, 0.3) is 0 Å². The number of thioether (sulfide) groups is 1. The van der Waals surface area contributed by atoms with E-state index in [9.17, 15) is 12.8 Å². The summed E-state index contributed by atoms with van der Waals surface area (Å²) in [7, 11) is -2.09. The number of benzene rings is 1. The summed E-state index contributed by atoms with van der Waals surface area (Å²) in [5.41, 5.74) is 0.498. The van der Waals surface area contributed by atoms with E-state index in [2.05, 4.69) is 0 Å². The van der Waals surface area contributed by atoms with Gasteiger partial charge in [-0.15, -0.1) is 11.6 Å². The van der Waals surface area contributed by atoms with Gasteiger partial charge < -0.3 is 0 Å². The molecule has 0 aliphatic heterocycles. The first kappa shape index (κ1) is 18.7. The summed E-state index contributed by atoms with van der Waals surface area (Å²) in [5, 5.41) is 0. The fraction of sp³-hybridized carbons (Fsp3) is 0.571. The third-order valence-electron chi connectivity index (χ3n) is 3.48. The molecule has 0 spiro atoms. The predicted octanol–water partition coefficient (Wildman–Crippen LogP) is 3.64. The molecule has 0 aliphatic carbocycles. The third kappa shape index (κ3) is 4.34. The first-order valence-electron chi connectivity index (χ1n) is 6.57. The highest BCUT2D eigenvalue weighted by Gasteiger charge is 2.26. The van der Waals surface area contributed by atoms with Crippen LogP contribution in [0, 0.1) is 12.7 Å². The van der Waals surface area contributed by atoms with E-state index in [0.29, 0.717) is 0 Å². The molecule has 0 fully saturated rings. The monoisotopic (exact) mass is 353 g/mol. The van der Waals surface area contributed by atoms with Crippen LogP contribution in [0.25, 0.3) is 0 Å². The summed E-state index contributed by atoms with van der Waals surface area (Å²) in [4.78, 5) is 0.0931. The number of alkyl halides is 1. The zero-order valence-corrected chi connectivity index (χ0v) is 15.1. The van der Waals surface area contributed by atoms with Crippen molar-refractivity contribution >= 4 is 33.4 Å². The highest BCUT2D eigenvalue weighted by Crippen LogP contribution is 2.24. The predicted molar refractivity (Wildman–Crippen MR) is 88.1 cm³/mol. The van der Waals surface area contributed by atoms with Crippen molar-refractivity contribution in [2.24, 2.45) is 0 Å². The fourth-order valence-electron chi connectivity index (χ4n) is 1.93. The molecule has 21 heavy (non-hydrogen) atoms. The third-order valence-corrected chi connectivity index (χ3v) is 6.37. The van der Waals surface area contributed by atoms with E-state index in [0.717, 1.165) is 12.2 Å². The van der Waals surface area contributed by atoms with Gasteiger partial charge in [-0.05, 0) is 50.0 Å². The van der Waals surface area contributed by atoms with E-state index in [1.54, 1.807) is 25.7 Å². The van der Waals surface area contributed by atoms with Gasteiger partial charge in [0.15, 0.2) is 0 Å². The van der Waals surface area contributed by atoms with Gasteiger partial charge in [0.1, 0.15) is 5.82 Å². The Kier molecular flexibility index (Phi) is 6.97. The standard InChI is InChI=1S/C14H21ClFNO2S2/c1-10-7-13(8-12(9-15)14(10)16)21(18,19)17(3)11(2)5-6-20-4/h7-8,11H,5-6,9H2,1-4H3. The van der Waals surface area contributed by atoms with E-state index in [4.69, 9.17) is 11.6 Å². The maximum atomic E-state index is 13.8. The normalized spacial score (nSPS) is 13.7. The molecule has 0 heterocycles. The van der Waals surface area contributed by atoms with Crippen molar-refractivity contribution in [2.75, 3.05) is 19.1 Å². The van der Waals surface area contributed by atoms with Crippen molar-refractivity contribution in [2.45, 2.75) is 37.1 Å². The zero-order chi connectivity index (χ0) is 16.2. The molecule has 0 aromatic heterocycles. The van der Waals surface area contributed by atoms with E-state index in [1.807, 2.05) is 13.2 Å². The second-order valence-corrected chi connectivity index (χ2v) is 8.25. The lowest BCUT2D eigenvalue weighted by Crippen LogP contribution is -2.35. The lowest BCUT2D eigenvalue weighted by molar-refractivity contribution is 0.382. The molecule has 1 unspecified atom stereocenters. The Morgan fingerprint density at radius 3 is 2.57 bits per heavy atom. The molecular formula is C14H21ClFNO2S2. The topological polar surface area (TPSA) is 37.4 Å². The summed E-state index contributed by atoms with van der Waals surface area (Å²) < 4.78 is 40.4. The zero-order valence-electron chi connectivity index (χ0n) is 12.7. The molecule has 7 heteroatoms. The van der Waals surface area contributed by atoms with Crippen LogP contribution in [-0.2, 0) is 15.9 Å². The molecule has 1 aromatic rings. The van der Waals surface area contributed by atoms with E-state index in [-0.39, 0.29) is 27.9 Å². The average molecular weight is 354 g/mol. The summed E-state index contributed by atoms with van der Waals surface area (Å²) in [6, 6.07) is 2.56. The van der Waals surface area contributed by atoms with E-state index < -0.39 is 15.8 Å². The van der Waals surface area contributed by atoms with Gasteiger partial charge in [-0.3, -0.25) is 0 Å². The lowest BCUT2D eigenvalue weighted by atomic mass is 10.1. The minimum Gasteiger partial charge on any atom is -0.207 e. The number of halogens is 2. The van der Waals surface area contributed by atoms with Crippen LogP contribution in [0.15, 0.2) is 17.0 Å². The second-order valence-electron chi connectivity index (χ2n) is 5.00. The molecule has 0 saturated carbocycles. The van der Waals surface area contributed by atoms with Gasteiger partial charge in [-0.2, -0.15) is 16.1 Å². The number of aryl methyl sites for hydroxylation is 1. The Labute approximate surface area is 135 Å². The minimum absolute atomic E-state index is 0.0538. The minimum atomic E-state index is -3.64. The summed E-state index contributed by atoms with van der Waals surface area (Å²) in [5.74, 6) is 0.389. The summed E-state index contributed by atoms with van der Waals surface area (Å²) >= 11 is 7.36. The molecule has 0 saturated heterocycles. The van der Waals surface area contributed by atoms with Crippen molar-refractivity contribution in [3.8, 4) is 0 Å². The highest BCUT2D eigenvalue weighted by atomic mass is 35.5. The average Bonchev–Trinajstić information content (AvgIpc) is 2.46. The Bertz CT molecular complexity index is 593. The molecule has 1 aromatic carbocycles. The van der Waals surface area contributed by atoms with Crippen LogP contribution >= 0.6 is 23.4 Å². The lowest BCUT2D eigenvalue weighted by Gasteiger charge is -2.24. The van der Waals surface area contributed by atoms with E-state index in [1.165, 1.54) is 16.4 Å². The molecule has 1 rings (SSSR count). The number of sulfonamides is 1. The molecule has 0 N–H and O–H groups in total. The molecule has 0 aliphatic rings. The van der Waals surface area contributed by atoms with Crippen LogP contribution in [0.4, 0.5) is 4.39 Å². The van der Waals surface area contributed by atoms with Gasteiger partial charge in [-0.25, -0.2) is 12.8 Å². The van der Waals surface area contributed by atoms with Gasteiger partial charge >= 0.3 is 0 Å². The van der Waals surface area contributed by atoms with Crippen LogP contribution in [-0.4, -0.2) is 37.8 Å². The van der Waals surface area contributed by atoms with Gasteiger partial charge in [0, 0.05) is 18.7 Å². The Morgan fingerprint density at radius 2 is 2.05 bits per heavy atom. The van der Waals surface area contributed by atoms with Gasteiger partial charge in [0.05, 0.1) is 10.8 Å². The van der Waals surface area contributed by atoms with Gasteiger partial charge in [-0.1, -0.05) is 0 Å².